The highest BCUT2D eigenvalue weighted by molar-refractivity contribution is 5.94. The second kappa shape index (κ2) is 5.99. The van der Waals surface area contributed by atoms with Crippen molar-refractivity contribution in [2.75, 3.05) is 7.11 Å². The molecule has 1 aromatic heterocycles. The maximum absolute atomic E-state index is 13.0. The van der Waals surface area contributed by atoms with E-state index < -0.39 is 17.7 Å². The number of rotatable bonds is 3. The second-order valence-corrected chi connectivity index (χ2v) is 5.18. The van der Waals surface area contributed by atoms with Gasteiger partial charge in [0.15, 0.2) is 0 Å². The fourth-order valence-corrected chi connectivity index (χ4v) is 2.47. The zero-order chi connectivity index (χ0) is 17.3. The Morgan fingerprint density at radius 2 is 1.88 bits per heavy atom. The van der Waals surface area contributed by atoms with Crippen molar-refractivity contribution in [1.82, 2.24) is 9.78 Å². The van der Waals surface area contributed by atoms with Crippen LogP contribution in [0.5, 0.6) is 0 Å². The number of esters is 1. The van der Waals surface area contributed by atoms with Gasteiger partial charge in [-0.25, -0.2) is 0 Å². The Hall–Kier alpha value is -2.83. The van der Waals surface area contributed by atoms with Crippen LogP contribution in [-0.4, -0.2) is 22.9 Å². The molecular weight excluding hydrogens is 321 g/mol. The van der Waals surface area contributed by atoms with Gasteiger partial charge in [0.05, 0.1) is 18.2 Å². The summed E-state index contributed by atoms with van der Waals surface area (Å²) in [6.07, 6.45) is -4.45. The molecule has 2 aromatic carbocycles. The Bertz CT molecular complexity index is 886. The summed E-state index contributed by atoms with van der Waals surface area (Å²) in [5.41, 5.74) is 0.739. The van der Waals surface area contributed by atoms with Crippen LogP contribution < -0.4 is 0 Å². The van der Waals surface area contributed by atoms with Crippen molar-refractivity contribution in [3.05, 3.63) is 54.1 Å². The van der Waals surface area contributed by atoms with E-state index in [-0.39, 0.29) is 6.54 Å². The molecule has 24 heavy (non-hydrogen) atoms. The van der Waals surface area contributed by atoms with Crippen LogP contribution in [0.15, 0.2) is 48.5 Å². The van der Waals surface area contributed by atoms with E-state index in [4.69, 9.17) is 0 Å². The second-order valence-electron chi connectivity index (χ2n) is 5.18. The van der Waals surface area contributed by atoms with Crippen LogP contribution in [0.25, 0.3) is 22.2 Å². The van der Waals surface area contributed by atoms with E-state index in [1.165, 1.54) is 17.9 Å². The Balaban J connectivity index is 2.23. The Morgan fingerprint density at radius 3 is 2.50 bits per heavy atom. The van der Waals surface area contributed by atoms with Gasteiger partial charge in [-0.3, -0.25) is 9.48 Å². The molecule has 0 atom stereocenters. The van der Waals surface area contributed by atoms with Crippen molar-refractivity contribution in [3.8, 4) is 11.3 Å². The lowest BCUT2D eigenvalue weighted by Gasteiger charge is -2.07. The molecule has 0 saturated heterocycles. The monoisotopic (exact) mass is 334 g/mol. The predicted molar refractivity (Wildman–Crippen MR) is 82.2 cm³/mol. The molecule has 0 unspecified atom stereocenters. The van der Waals surface area contributed by atoms with Crippen molar-refractivity contribution >= 4 is 16.9 Å². The summed E-state index contributed by atoms with van der Waals surface area (Å²) in [6.45, 7) is -0.175. The zero-order valence-electron chi connectivity index (χ0n) is 12.7. The lowest BCUT2D eigenvalue weighted by Crippen LogP contribution is -2.12. The van der Waals surface area contributed by atoms with Crippen LogP contribution in [0.2, 0.25) is 0 Å². The number of halogens is 3. The van der Waals surface area contributed by atoms with Crippen LogP contribution in [0.1, 0.15) is 5.56 Å². The van der Waals surface area contributed by atoms with E-state index in [2.05, 4.69) is 9.84 Å². The van der Waals surface area contributed by atoms with E-state index in [0.717, 1.165) is 12.1 Å². The van der Waals surface area contributed by atoms with E-state index >= 15 is 0 Å². The van der Waals surface area contributed by atoms with Crippen LogP contribution in [0.4, 0.5) is 13.2 Å². The molecule has 0 amide bonds. The van der Waals surface area contributed by atoms with Crippen LogP contribution in [0.3, 0.4) is 0 Å². The summed E-state index contributed by atoms with van der Waals surface area (Å²) in [6, 6.07) is 12.2. The van der Waals surface area contributed by atoms with Gasteiger partial charge in [-0.2, -0.15) is 18.3 Å². The number of carbonyl (C=O) groups excluding carboxylic acids is 1. The minimum absolute atomic E-state index is 0.175. The van der Waals surface area contributed by atoms with Crippen molar-refractivity contribution in [3.63, 3.8) is 0 Å². The van der Waals surface area contributed by atoms with Crippen LogP contribution in [-0.2, 0) is 22.3 Å². The topological polar surface area (TPSA) is 44.1 Å². The van der Waals surface area contributed by atoms with Crippen LogP contribution >= 0.6 is 0 Å². The van der Waals surface area contributed by atoms with Crippen molar-refractivity contribution in [1.29, 1.82) is 0 Å². The van der Waals surface area contributed by atoms with Crippen LogP contribution in [0, 0.1) is 0 Å². The number of alkyl halides is 3. The first-order valence-electron chi connectivity index (χ1n) is 7.10. The van der Waals surface area contributed by atoms with Gasteiger partial charge in [0, 0.05) is 10.9 Å². The van der Waals surface area contributed by atoms with Crippen molar-refractivity contribution in [2.24, 2.45) is 0 Å². The third-order valence-corrected chi connectivity index (χ3v) is 3.63. The molecule has 124 valence electrons. The highest BCUT2D eigenvalue weighted by Crippen LogP contribution is 2.35. The lowest BCUT2D eigenvalue weighted by atomic mass is 10.1. The molecule has 3 aromatic rings. The maximum atomic E-state index is 13.0. The zero-order valence-corrected chi connectivity index (χ0v) is 12.7. The SMILES string of the molecule is COC(=O)Cn1nc(-c2ccccc2)c2cc(C(F)(F)F)ccc21. The highest BCUT2D eigenvalue weighted by atomic mass is 19.4. The van der Waals surface area contributed by atoms with Gasteiger partial charge in [-0.05, 0) is 18.2 Å². The molecule has 0 aliphatic heterocycles. The molecule has 0 bridgehead atoms. The molecule has 7 heteroatoms. The number of nitrogens with zero attached hydrogens (tertiary/aromatic N) is 2. The number of hydrogen-bond donors (Lipinski definition) is 0. The first-order valence-corrected chi connectivity index (χ1v) is 7.10. The summed E-state index contributed by atoms with van der Waals surface area (Å²) < 4.78 is 45.0. The molecule has 0 fully saturated rings. The number of hydrogen-bond acceptors (Lipinski definition) is 3. The first-order chi connectivity index (χ1) is 11.4. The van der Waals surface area contributed by atoms with Crippen molar-refractivity contribution in [2.45, 2.75) is 12.7 Å². The Morgan fingerprint density at radius 1 is 1.17 bits per heavy atom. The molecule has 0 aliphatic carbocycles. The number of ether oxygens (including phenoxy) is 1. The summed E-state index contributed by atoms with van der Waals surface area (Å²) in [5.74, 6) is -0.529. The molecule has 4 nitrogen and oxygen atoms in total. The summed E-state index contributed by atoms with van der Waals surface area (Å²) >= 11 is 0. The van der Waals surface area contributed by atoms with Gasteiger partial charge in [0.25, 0.3) is 0 Å². The number of methoxy groups -OCH3 is 1. The number of fused-ring (bicyclic) bond motifs is 1. The Kier molecular flexibility index (Phi) is 4.01. The molecule has 0 spiro atoms. The molecule has 3 rings (SSSR count). The average Bonchev–Trinajstić information content (AvgIpc) is 2.92. The highest BCUT2D eigenvalue weighted by Gasteiger charge is 2.31. The van der Waals surface area contributed by atoms with Gasteiger partial charge in [0.1, 0.15) is 12.2 Å². The third kappa shape index (κ3) is 2.97. The van der Waals surface area contributed by atoms with E-state index in [9.17, 15) is 18.0 Å². The number of carbonyl (C=O) groups is 1. The van der Waals surface area contributed by atoms with Gasteiger partial charge in [-0.1, -0.05) is 30.3 Å². The minimum Gasteiger partial charge on any atom is -0.468 e. The normalized spacial score (nSPS) is 11.7. The summed E-state index contributed by atoms with van der Waals surface area (Å²) in [7, 11) is 1.24. The fourth-order valence-electron chi connectivity index (χ4n) is 2.47. The smallest absolute Gasteiger partial charge is 0.416 e. The summed E-state index contributed by atoms with van der Waals surface area (Å²) in [5, 5.41) is 4.65. The average molecular weight is 334 g/mol. The molecule has 0 N–H and O–H groups in total. The quantitative estimate of drug-likeness (QED) is 0.683. The fraction of sp³-hybridized carbons (Fsp3) is 0.176. The predicted octanol–water partition coefficient (Wildman–Crippen LogP) is 3.90. The molecule has 0 aliphatic rings. The molecule has 0 saturated carbocycles. The molecule has 0 radical (unpaired) electrons. The minimum atomic E-state index is -4.45. The van der Waals surface area contributed by atoms with Gasteiger partial charge in [-0.15, -0.1) is 0 Å². The van der Waals surface area contributed by atoms with Gasteiger partial charge in [0.2, 0.25) is 0 Å². The Labute approximate surface area is 135 Å². The molecule has 1 heterocycles. The first kappa shape index (κ1) is 16.0. The standard InChI is InChI=1S/C17H13F3N2O2/c1-24-15(23)10-22-14-8-7-12(17(18,19)20)9-13(14)16(21-22)11-5-3-2-4-6-11/h2-9H,10H2,1H3. The molecular formula is C17H13F3N2O2. The van der Waals surface area contributed by atoms with E-state index in [1.54, 1.807) is 30.3 Å². The summed E-state index contributed by atoms with van der Waals surface area (Å²) in [4.78, 5) is 11.5. The maximum Gasteiger partial charge on any atom is 0.416 e. The van der Waals surface area contributed by atoms with Gasteiger partial charge >= 0.3 is 12.1 Å². The third-order valence-electron chi connectivity index (χ3n) is 3.63. The van der Waals surface area contributed by atoms with Crippen molar-refractivity contribution < 1.29 is 22.7 Å². The van der Waals surface area contributed by atoms with Gasteiger partial charge < -0.3 is 4.74 Å². The lowest BCUT2D eigenvalue weighted by molar-refractivity contribution is -0.141. The van der Waals surface area contributed by atoms with E-state index in [1.807, 2.05) is 0 Å². The number of aromatic nitrogens is 2. The largest absolute Gasteiger partial charge is 0.468 e. The van der Waals surface area contributed by atoms with E-state index in [0.29, 0.717) is 22.2 Å². The number of benzene rings is 2.